The van der Waals surface area contributed by atoms with E-state index in [0.717, 1.165) is 6.42 Å². The topological polar surface area (TPSA) is 97.1 Å². The number of hydrogen-bond donors (Lipinski definition) is 3. The lowest BCUT2D eigenvalue weighted by Gasteiger charge is -2.31. The second-order valence-corrected chi connectivity index (χ2v) is 7.73. The molecule has 0 aliphatic heterocycles. The van der Waals surface area contributed by atoms with Gasteiger partial charge in [-0.3, -0.25) is 9.59 Å². The van der Waals surface area contributed by atoms with E-state index in [4.69, 9.17) is 5.73 Å². The maximum Gasteiger partial charge on any atom is 0.228 e. The molecule has 9 heteroatoms. The minimum absolute atomic E-state index is 0. The van der Waals surface area contributed by atoms with E-state index >= 15 is 0 Å². The molecule has 25 heavy (non-hydrogen) atoms. The summed E-state index contributed by atoms with van der Waals surface area (Å²) in [7, 11) is 0. The Bertz CT molecular complexity index is 552. The summed E-state index contributed by atoms with van der Waals surface area (Å²) in [6.07, 6.45) is 1.00. The van der Waals surface area contributed by atoms with E-state index < -0.39 is 5.54 Å². The van der Waals surface area contributed by atoms with Crippen molar-refractivity contribution in [1.82, 2.24) is 10.3 Å². The van der Waals surface area contributed by atoms with Gasteiger partial charge >= 0.3 is 0 Å². The molecule has 2 amide bonds. The van der Waals surface area contributed by atoms with Crippen molar-refractivity contribution in [3.8, 4) is 0 Å². The standard InChI is InChI=1S/C16H28N4O2S.2ClH/c1-10(2)7-16(5,9-17)20-13(21)6-12-8-23-15(18-12)19-14(22)11(3)4;;/h8,10-11H,6-7,9,17H2,1-5H3,(H,20,21)(H,18,19,22);2*1H. The van der Waals surface area contributed by atoms with Gasteiger partial charge in [-0.15, -0.1) is 36.2 Å². The van der Waals surface area contributed by atoms with Gasteiger partial charge < -0.3 is 16.4 Å². The van der Waals surface area contributed by atoms with Crippen LogP contribution in [0.3, 0.4) is 0 Å². The lowest BCUT2D eigenvalue weighted by atomic mass is 9.90. The van der Waals surface area contributed by atoms with Gasteiger partial charge in [-0.05, 0) is 19.3 Å². The van der Waals surface area contributed by atoms with Crippen molar-refractivity contribution in [3.63, 3.8) is 0 Å². The highest BCUT2D eigenvalue weighted by atomic mass is 35.5. The first-order chi connectivity index (χ1) is 10.6. The summed E-state index contributed by atoms with van der Waals surface area (Å²) in [5, 5.41) is 8.05. The molecule has 0 aliphatic rings. The predicted molar refractivity (Wildman–Crippen MR) is 109 cm³/mol. The number of halogens is 2. The fourth-order valence-corrected chi connectivity index (χ4v) is 3.04. The molecule has 0 saturated heterocycles. The highest BCUT2D eigenvalue weighted by Gasteiger charge is 2.26. The quantitative estimate of drug-likeness (QED) is 0.610. The summed E-state index contributed by atoms with van der Waals surface area (Å²) in [6, 6.07) is 0. The van der Waals surface area contributed by atoms with Gasteiger partial charge in [-0.25, -0.2) is 4.98 Å². The van der Waals surface area contributed by atoms with Crippen molar-refractivity contribution < 1.29 is 9.59 Å². The van der Waals surface area contributed by atoms with Crippen LogP contribution in [0.25, 0.3) is 0 Å². The molecule has 0 radical (unpaired) electrons. The number of amides is 2. The normalized spacial score (nSPS) is 12.8. The zero-order valence-corrected chi connectivity index (χ0v) is 17.9. The SMILES string of the molecule is CC(C)CC(C)(CN)NC(=O)Cc1csc(NC(=O)C(C)C)n1.Cl.Cl. The van der Waals surface area contributed by atoms with Crippen molar-refractivity contribution in [3.05, 3.63) is 11.1 Å². The number of thiazole rings is 1. The first-order valence-corrected chi connectivity index (χ1v) is 8.79. The fraction of sp³-hybridized carbons (Fsp3) is 0.688. The number of hydrogen-bond acceptors (Lipinski definition) is 5. The molecule has 1 rings (SSSR count). The molecule has 0 spiro atoms. The van der Waals surface area contributed by atoms with Gasteiger partial charge in [0.25, 0.3) is 0 Å². The second-order valence-electron chi connectivity index (χ2n) is 6.88. The van der Waals surface area contributed by atoms with Crippen LogP contribution in [0, 0.1) is 11.8 Å². The number of nitrogens with one attached hydrogen (secondary N) is 2. The Hall–Kier alpha value is -0.890. The number of carbonyl (C=O) groups is 2. The molecule has 146 valence electrons. The number of rotatable bonds is 8. The van der Waals surface area contributed by atoms with E-state index in [9.17, 15) is 9.59 Å². The highest BCUT2D eigenvalue weighted by Crippen LogP contribution is 2.18. The second kappa shape index (κ2) is 11.7. The molecule has 0 saturated carbocycles. The minimum Gasteiger partial charge on any atom is -0.349 e. The Kier molecular flexibility index (Phi) is 12.3. The van der Waals surface area contributed by atoms with E-state index in [1.54, 1.807) is 5.38 Å². The van der Waals surface area contributed by atoms with E-state index in [2.05, 4.69) is 29.5 Å². The van der Waals surface area contributed by atoms with Crippen LogP contribution in [0.4, 0.5) is 5.13 Å². The molecule has 1 unspecified atom stereocenters. The van der Waals surface area contributed by atoms with Crippen LogP contribution in [0.15, 0.2) is 5.38 Å². The lowest BCUT2D eigenvalue weighted by Crippen LogP contribution is -2.52. The molecule has 1 aromatic rings. The minimum atomic E-state index is -0.407. The molecule has 6 nitrogen and oxygen atoms in total. The smallest absolute Gasteiger partial charge is 0.228 e. The van der Waals surface area contributed by atoms with E-state index in [1.807, 2.05) is 20.8 Å². The van der Waals surface area contributed by atoms with Gasteiger partial charge in [0.15, 0.2) is 5.13 Å². The molecule has 1 heterocycles. The summed E-state index contributed by atoms with van der Waals surface area (Å²) in [5.74, 6) is 0.154. The maximum atomic E-state index is 12.2. The van der Waals surface area contributed by atoms with E-state index in [-0.39, 0.29) is 49.0 Å². The summed E-state index contributed by atoms with van der Waals surface area (Å²) in [5.41, 5.74) is 6.05. The molecule has 0 aromatic carbocycles. The molecule has 1 atom stereocenters. The lowest BCUT2D eigenvalue weighted by molar-refractivity contribution is -0.122. The first kappa shape index (κ1) is 26.3. The fourth-order valence-electron chi connectivity index (χ4n) is 2.33. The van der Waals surface area contributed by atoms with Crippen LogP contribution in [0.2, 0.25) is 0 Å². The number of aromatic nitrogens is 1. The molecule has 0 bridgehead atoms. The summed E-state index contributed by atoms with van der Waals surface area (Å²) < 4.78 is 0. The average Bonchev–Trinajstić information content (AvgIpc) is 2.84. The van der Waals surface area contributed by atoms with E-state index in [0.29, 0.717) is 23.3 Å². The molecular formula is C16H30Cl2N4O2S. The Morgan fingerprint density at radius 2 is 1.88 bits per heavy atom. The first-order valence-electron chi connectivity index (χ1n) is 7.91. The largest absolute Gasteiger partial charge is 0.349 e. The van der Waals surface area contributed by atoms with Crippen molar-refractivity contribution in [2.24, 2.45) is 17.6 Å². The molecule has 0 fully saturated rings. The van der Waals surface area contributed by atoms with Crippen LogP contribution in [0.5, 0.6) is 0 Å². The zero-order valence-electron chi connectivity index (χ0n) is 15.4. The van der Waals surface area contributed by atoms with Crippen LogP contribution >= 0.6 is 36.2 Å². The summed E-state index contributed by atoms with van der Waals surface area (Å²) in [6.45, 7) is 10.2. The Morgan fingerprint density at radius 1 is 1.28 bits per heavy atom. The van der Waals surface area contributed by atoms with Gasteiger partial charge in [0.05, 0.1) is 12.1 Å². The monoisotopic (exact) mass is 412 g/mol. The van der Waals surface area contributed by atoms with Crippen LogP contribution in [-0.2, 0) is 16.0 Å². The molecule has 1 aromatic heterocycles. The average molecular weight is 413 g/mol. The summed E-state index contributed by atoms with van der Waals surface area (Å²) >= 11 is 1.32. The predicted octanol–water partition coefficient (Wildman–Crippen LogP) is 3.00. The van der Waals surface area contributed by atoms with Crippen LogP contribution in [0.1, 0.15) is 46.7 Å². The van der Waals surface area contributed by atoms with Crippen molar-refractivity contribution in [2.45, 2.75) is 53.0 Å². The van der Waals surface area contributed by atoms with Gasteiger partial charge in [0.1, 0.15) is 0 Å². The van der Waals surface area contributed by atoms with Crippen LogP contribution in [-0.4, -0.2) is 28.9 Å². The van der Waals surface area contributed by atoms with Crippen molar-refractivity contribution in [1.29, 1.82) is 0 Å². The van der Waals surface area contributed by atoms with Gasteiger partial charge in [-0.1, -0.05) is 27.7 Å². The van der Waals surface area contributed by atoms with E-state index in [1.165, 1.54) is 11.3 Å². The highest BCUT2D eigenvalue weighted by molar-refractivity contribution is 7.13. The Labute approximate surface area is 166 Å². The van der Waals surface area contributed by atoms with Gasteiger partial charge in [0, 0.05) is 23.4 Å². The van der Waals surface area contributed by atoms with Gasteiger partial charge in [0.2, 0.25) is 11.8 Å². The van der Waals surface area contributed by atoms with Crippen LogP contribution < -0.4 is 16.4 Å². The third-order valence-corrected chi connectivity index (χ3v) is 4.20. The molecule has 4 N–H and O–H groups in total. The number of carbonyl (C=O) groups excluding carboxylic acids is 2. The third kappa shape index (κ3) is 9.39. The van der Waals surface area contributed by atoms with Crippen molar-refractivity contribution in [2.75, 3.05) is 11.9 Å². The number of nitrogens with zero attached hydrogens (tertiary/aromatic N) is 1. The Morgan fingerprint density at radius 3 is 2.36 bits per heavy atom. The Balaban J connectivity index is 0. The molecular weight excluding hydrogens is 383 g/mol. The number of nitrogens with two attached hydrogens (primary N) is 1. The third-order valence-electron chi connectivity index (χ3n) is 3.40. The molecule has 0 aliphatic carbocycles. The zero-order chi connectivity index (χ0) is 17.6. The maximum absolute atomic E-state index is 12.2. The summed E-state index contributed by atoms with van der Waals surface area (Å²) in [4.78, 5) is 28.1. The number of anilines is 1. The van der Waals surface area contributed by atoms with Crippen molar-refractivity contribution >= 4 is 53.1 Å². The van der Waals surface area contributed by atoms with Gasteiger partial charge in [-0.2, -0.15) is 0 Å².